The van der Waals surface area contributed by atoms with Crippen LogP contribution in [0.1, 0.15) is 41.2 Å². The number of carbonyl (C=O) groups excluding carboxylic acids is 1. The third-order valence-electron chi connectivity index (χ3n) is 5.80. The van der Waals surface area contributed by atoms with Gasteiger partial charge in [-0.3, -0.25) is 18.9 Å². The van der Waals surface area contributed by atoms with E-state index in [1.54, 1.807) is 34.1 Å². The molecule has 2 aliphatic rings. The van der Waals surface area contributed by atoms with E-state index < -0.39 is 10.0 Å². The van der Waals surface area contributed by atoms with Crippen molar-refractivity contribution in [1.82, 2.24) is 14.9 Å². The molecule has 0 bridgehead atoms. The predicted octanol–water partition coefficient (Wildman–Crippen LogP) is 1.40. The first-order chi connectivity index (χ1) is 14.7. The summed E-state index contributed by atoms with van der Waals surface area (Å²) in [5.74, 6) is 0.465. The van der Waals surface area contributed by atoms with E-state index in [-0.39, 0.29) is 23.1 Å². The molecular weight excluding hydrogens is 418 g/mol. The maximum Gasteiger partial charge on any atom is 0.253 e. The van der Waals surface area contributed by atoms with Crippen LogP contribution >= 0.6 is 0 Å². The van der Waals surface area contributed by atoms with Crippen molar-refractivity contribution in [2.45, 2.75) is 25.2 Å². The van der Waals surface area contributed by atoms with E-state index in [0.29, 0.717) is 48.9 Å². The van der Waals surface area contributed by atoms with E-state index in [1.807, 2.05) is 14.1 Å². The Bertz CT molecular complexity index is 1140. The zero-order valence-corrected chi connectivity index (χ0v) is 18.6. The van der Waals surface area contributed by atoms with Gasteiger partial charge in [-0.05, 0) is 37.5 Å². The number of nitrogens with one attached hydrogen (secondary N) is 1. The largest absolute Gasteiger partial charge is 0.348 e. The summed E-state index contributed by atoms with van der Waals surface area (Å²) >= 11 is 0. The zero-order valence-electron chi connectivity index (χ0n) is 17.7. The molecule has 3 heterocycles. The van der Waals surface area contributed by atoms with Gasteiger partial charge in [-0.2, -0.15) is 0 Å². The summed E-state index contributed by atoms with van der Waals surface area (Å²) in [4.78, 5) is 35.8. The lowest BCUT2D eigenvalue weighted by Crippen LogP contribution is -2.38. The number of likely N-dealkylation sites (tertiary alicyclic amines) is 1. The molecule has 1 N–H and O–H groups in total. The summed E-state index contributed by atoms with van der Waals surface area (Å²) < 4.78 is 26.2. The van der Waals surface area contributed by atoms with Gasteiger partial charge >= 0.3 is 0 Å². The van der Waals surface area contributed by atoms with Crippen molar-refractivity contribution in [3.05, 3.63) is 51.9 Å². The van der Waals surface area contributed by atoms with E-state index in [1.165, 1.54) is 10.4 Å². The Kier molecular flexibility index (Phi) is 5.74. The minimum atomic E-state index is -3.33. The molecule has 2 aliphatic heterocycles. The molecule has 1 amide bonds. The molecule has 1 aromatic heterocycles. The number of H-pyrrole nitrogens is 1. The molecule has 1 aromatic carbocycles. The Balaban J connectivity index is 1.52. The smallest absolute Gasteiger partial charge is 0.253 e. The molecule has 166 valence electrons. The Morgan fingerprint density at radius 3 is 2.74 bits per heavy atom. The average molecular weight is 446 g/mol. The van der Waals surface area contributed by atoms with Gasteiger partial charge in [-0.15, -0.1) is 0 Å². The van der Waals surface area contributed by atoms with Gasteiger partial charge in [-0.1, -0.05) is 6.07 Å². The fourth-order valence-electron chi connectivity index (χ4n) is 4.13. The third-order valence-corrected chi connectivity index (χ3v) is 7.67. The molecule has 0 spiro atoms. The first-order valence-corrected chi connectivity index (χ1v) is 12.0. The van der Waals surface area contributed by atoms with Crippen LogP contribution in [0.3, 0.4) is 0 Å². The number of nitrogens with zero attached hydrogens (tertiary/aromatic N) is 4. The number of sulfonamides is 1. The van der Waals surface area contributed by atoms with Crippen molar-refractivity contribution in [3.63, 3.8) is 0 Å². The molecule has 4 rings (SSSR count). The van der Waals surface area contributed by atoms with Gasteiger partial charge in [0.05, 0.1) is 17.1 Å². The van der Waals surface area contributed by atoms with Crippen LogP contribution < -0.4 is 14.8 Å². The molecule has 0 unspecified atom stereocenters. The van der Waals surface area contributed by atoms with Crippen LogP contribution in [-0.2, 0) is 10.0 Å². The van der Waals surface area contributed by atoms with Crippen LogP contribution in [-0.4, -0.2) is 68.7 Å². The summed E-state index contributed by atoms with van der Waals surface area (Å²) in [6.45, 7) is 1.46. The van der Waals surface area contributed by atoms with Gasteiger partial charge in [0.25, 0.3) is 11.5 Å². The number of anilines is 2. The van der Waals surface area contributed by atoms with Crippen LogP contribution in [0.25, 0.3) is 0 Å². The van der Waals surface area contributed by atoms with Crippen molar-refractivity contribution in [2.24, 2.45) is 0 Å². The minimum absolute atomic E-state index is 0.0180. The Morgan fingerprint density at radius 2 is 2.00 bits per heavy atom. The Hall–Kier alpha value is -2.88. The van der Waals surface area contributed by atoms with Gasteiger partial charge in [0.2, 0.25) is 16.0 Å². The maximum atomic E-state index is 13.1. The van der Waals surface area contributed by atoms with Crippen molar-refractivity contribution >= 4 is 27.6 Å². The molecule has 2 aromatic rings. The van der Waals surface area contributed by atoms with E-state index in [4.69, 9.17) is 0 Å². The summed E-state index contributed by atoms with van der Waals surface area (Å²) in [6, 6.07) is 8.32. The standard InChI is InChI=1S/C21H27N5O4S/c1-24(2)21-22-18(13-19(27)23-21)16-8-10-25(14-16)20(28)15-6-5-7-17(12-15)26-9-3-4-11-31(26,29)30/h5-7,12-13,16H,3-4,8-11,14H2,1-2H3,(H,22,23,27)/t16-/m0/s1. The number of benzene rings is 1. The number of hydrogen-bond acceptors (Lipinski definition) is 6. The maximum absolute atomic E-state index is 13.1. The van der Waals surface area contributed by atoms with Crippen molar-refractivity contribution in [3.8, 4) is 0 Å². The van der Waals surface area contributed by atoms with Gasteiger partial charge in [0.15, 0.2) is 0 Å². The number of aromatic amines is 1. The quantitative estimate of drug-likeness (QED) is 0.762. The van der Waals surface area contributed by atoms with Gasteiger partial charge < -0.3 is 9.80 Å². The summed E-state index contributed by atoms with van der Waals surface area (Å²) in [5.41, 5.74) is 1.46. The molecule has 2 saturated heterocycles. The second-order valence-corrected chi connectivity index (χ2v) is 10.3. The van der Waals surface area contributed by atoms with Crippen LogP contribution in [0.4, 0.5) is 11.6 Å². The van der Waals surface area contributed by atoms with Crippen LogP contribution in [0.5, 0.6) is 0 Å². The van der Waals surface area contributed by atoms with E-state index in [2.05, 4.69) is 9.97 Å². The fraction of sp³-hybridized carbons (Fsp3) is 0.476. The van der Waals surface area contributed by atoms with E-state index >= 15 is 0 Å². The summed E-state index contributed by atoms with van der Waals surface area (Å²) in [7, 11) is 0.281. The summed E-state index contributed by atoms with van der Waals surface area (Å²) in [6.07, 6.45) is 2.19. The lowest BCUT2D eigenvalue weighted by molar-refractivity contribution is 0.0790. The molecule has 0 saturated carbocycles. The Morgan fingerprint density at radius 1 is 1.19 bits per heavy atom. The van der Waals surface area contributed by atoms with Crippen molar-refractivity contribution in [2.75, 3.05) is 48.7 Å². The predicted molar refractivity (Wildman–Crippen MR) is 119 cm³/mol. The molecule has 0 radical (unpaired) electrons. The number of amides is 1. The normalized spacial score (nSPS) is 20.6. The van der Waals surface area contributed by atoms with Crippen LogP contribution in [0.15, 0.2) is 35.1 Å². The monoisotopic (exact) mass is 445 g/mol. The SMILES string of the molecule is CN(C)c1nc([C@H]2CCN(C(=O)c3cccc(N4CCCCS4(=O)=O)c3)C2)cc(=O)[nH]1. The van der Waals surface area contributed by atoms with Crippen molar-refractivity contribution < 1.29 is 13.2 Å². The highest BCUT2D eigenvalue weighted by atomic mass is 32.2. The molecule has 0 aliphatic carbocycles. The molecule has 2 fully saturated rings. The van der Waals surface area contributed by atoms with Crippen LogP contribution in [0, 0.1) is 0 Å². The lowest BCUT2D eigenvalue weighted by Gasteiger charge is -2.28. The second kappa shape index (κ2) is 8.33. The highest BCUT2D eigenvalue weighted by molar-refractivity contribution is 7.92. The fourth-order valence-corrected chi connectivity index (χ4v) is 5.76. The zero-order chi connectivity index (χ0) is 22.2. The van der Waals surface area contributed by atoms with Gasteiger partial charge in [-0.25, -0.2) is 13.4 Å². The Labute approximate surface area is 181 Å². The molecule has 9 nitrogen and oxygen atoms in total. The molecule has 31 heavy (non-hydrogen) atoms. The van der Waals surface area contributed by atoms with E-state index in [0.717, 1.165) is 12.8 Å². The number of carbonyl (C=O) groups is 1. The van der Waals surface area contributed by atoms with E-state index in [9.17, 15) is 18.0 Å². The first kappa shape index (κ1) is 21.4. The lowest BCUT2D eigenvalue weighted by atomic mass is 10.0. The van der Waals surface area contributed by atoms with Gasteiger partial charge in [0, 0.05) is 51.3 Å². The molecular formula is C21H27N5O4S. The minimum Gasteiger partial charge on any atom is -0.348 e. The summed E-state index contributed by atoms with van der Waals surface area (Å²) in [5, 5.41) is 0. The third kappa shape index (κ3) is 4.43. The van der Waals surface area contributed by atoms with Crippen LogP contribution in [0.2, 0.25) is 0 Å². The first-order valence-electron chi connectivity index (χ1n) is 10.4. The number of rotatable bonds is 4. The highest BCUT2D eigenvalue weighted by Gasteiger charge is 2.31. The number of hydrogen-bond donors (Lipinski definition) is 1. The van der Waals surface area contributed by atoms with Gasteiger partial charge in [0.1, 0.15) is 0 Å². The number of aromatic nitrogens is 2. The van der Waals surface area contributed by atoms with Crippen molar-refractivity contribution in [1.29, 1.82) is 0 Å². The second-order valence-electron chi connectivity index (χ2n) is 8.27. The molecule has 1 atom stereocenters. The highest BCUT2D eigenvalue weighted by Crippen LogP contribution is 2.29. The average Bonchev–Trinajstić information content (AvgIpc) is 3.23. The topological polar surface area (TPSA) is 107 Å². The molecule has 10 heteroatoms.